The molecular weight excluding hydrogens is 278 g/mol. The standard InChI is InChI=1S/C14H20ClN3S/c1-2-18-6-5-10(9-18)8-17-13-4-3-11(15)7-12(13)14(16)19/h3-4,7,10,17H,2,5-6,8-9H2,1H3,(H2,16,19). The molecule has 1 aliphatic rings. The van der Waals surface area contributed by atoms with Crippen LogP contribution in [-0.4, -0.2) is 36.1 Å². The Morgan fingerprint density at radius 3 is 3.00 bits per heavy atom. The lowest BCUT2D eigenvalue weighted by Crippen LogP contribution is -2.23. The predicted octanol–water partition coefficient (Wildman–Crippen LogP) is 2.73. The molecule has 0 aromatic heterocycles. The molecule has 1 unspecified atom stereocenters. The van der Waals surface area contributed by atoms with Gasteiger partial charge in [0.1, 0.15) is 4.99 Å². The number of benzene rings is 1. The molecule has 0 aliphatic carbocycles. The lowest BCUT2D eigenvalue weighted by molar-refractivity contribution is 0.345. The molecule has 3 nitrogen and oxygen atoms in total. The quantitative estimate of drug-likeness (QED) is 0.820. The van der Waals surface area contributed by atoms with Gasteiger partial charge in [-0.1, -0.05) is 30.7 Å². The van der Waals surface area contributed by atoms with Crippen LogP contribution in [0, 0.1) is 5.92 Å². The van der Waals surface area contributed by atoms with E-state index in [0.717, 1.165) is 24.3 Å². The SMILES string of the molecule is CCN1CCC(CNc2ccc(Cl)cc2C(N)=S)C1. The summed E-state index contributed by atoms with van der Waals surface area (Å²) >= 11 is 11.0. The molecule has 0 radical (unpaired) electrons. The topological polar surface area (TPSA) is 41.3 Å². The molecule has 3 N–H and O–H groups in total. The molecule has 1 atom stereocenters. The highest BCUT2D eigenvalue weighted by Crippen LogP contribution is 2.22. The fraction of sp³-hybridized carbons (Fsp3) is 0.500. The molecular formula is C14H20ClN3S. The molecule has 2 rings (SSSR count). The summed E-state index contributed by atoms with van der Waals surface area (Å²) in [5.41, 5.74) is 7.54. The van der Waals surface area contributed by atoms with Gasteiger partial charge < -0.3 is 16.0 Å². The summed E-state index contributed by atoms with van der Waals surface area (Å²) in [6.07, 6.45) is 1.25. The molecule has 1 aromatic carbocycles. The third-order valence-corrected chi connectivity index (χ3v) is 4.10. The van der Waals surface area contributed by atoms with Gasteiger partial charge in [-0.3, -0.25) is 0 Å². The zero-order valence-electron chi connectivity index (χ0n) is 11.2. The smallest absolute Gasteiger partial charge is 0.106 e. The average molecular weight is 298 g/mol. The van der Waals surface area contributed by atoms with Crippen LogP contribution >= 0.6 is 23.8 Å². The summed E-state index contributed by atoms with van der Waals surface area (Å²) in [6.45, 7) is 6.66. The first-order valence-corrected chi connectivity index (χ1v) is 7.44. The van der Waals surface area contributed by atoms with E-state index in [0.29, 0.717) is 15.9 Å². The van der Waals surface area contributed by atoms with Crippen molar-refractivity contribution in [3.8, 4) is 0 Å². The average Bonchev–Trinajstić information content (AvgIpc) is 2.85. The van der Waals surface area contributed by atoms with Crippen molar-refractivity contribution in [2.45, 2.75) is 13.3 Å². The maximum atomic E-state index is 5.98. The van der Waals surface area contributed by atoms with Gasteiger partial charge in [-0.15, -0.1) is 0 Å². The number of nitrogens with two attached hydrogens (primary N) is 1. The number of halogens is 1. The van der Waals surface area contributed by atoms with Crippen LogP contribution in [-0.2, 0) is 0 Å². The summed E-state index contributed by atoms with van der Waals surface area (Å²) in [7, 11) is 0. The van der Waals surface area contributed by atoms with E-state index < -0.39 is 0 Å². The number of nitrogens with one attached hydrogen (secondary N) is 1. The van der Waals surface area contributed by atoms with Crippen molar-refractivity contribution < 1.29 is 0 Å². The Kier molecular flexibility index (Phi) is 5.02. The molecule has 1 fully saturated rings. The van der Waals surface area contributed by atoms with Crippen molar-refractivity contribution in [2.75, 3.05) is 31.5 Å². The van der Waals surface area contributed by atoms with Gasteiger partial charge in [0.2, 0.25) is 0 Å². The molecule has 0 bridgehead atoms. The van der Waals surface area contributed by atoms with E-state index >= 15 is 0 Å². The number of nitrogens with zero attached hydrogens (tertiary/aromatic N) is 1. The van der Waals surface area contributed by atoms with Crippen LogP contribution in [0.1, 0.15) is 18.9 Å². The van der Waals surface area contributed by atoms with Crippen molar-refractivity contribution in [1.29, 1.82) is 0 Å². The second kappa shape index (κ2) is 6.55. The van der Waals surface area contributed by atoms with Crippen molar-refractivity contribution in [3.05, 3.63) is 28.8 Å². The van der Waals surface area contributed by atoms with Crippen molar-refractivity contribution in [1.82, 2.24) is 4.90 Å². The van der Waals surface area contributed by atoms with E-state index in [1.807, 2.05) is 18.2 Å². The Hall–Kier alpha value is -0.840. The third kappa shape index (κ3) is 3.81. The van der Waals surface area contributed by atoms with Gasteiger partial charge in [-0.05, 0) is 43.6 Å². The van der Waals surface area contributed by atoms with Crippen molar-refractivity contribution in [3.63, 3.8) is 0 Å². The molecule has 5 heteroatoms. The Morgan fingerprint density at radius 1 is 1.58 bits per heavy atom. The summed E-state index contributed by atoms with van der Waals surface area (Å²) < 4.78 is 0. The Morgan fingerprint density at radius 2 is 2.37 bits per heavy atom. The van der Waals surface area contributed by atoms with Crippen LogP contribution in [0.4, 0.5) is 5.69 Å². The van der Waals surface area contributed by atoms with Gasteiger partial charge in [0.15, 0.2) is 0 Å². The minimum absolute atomic E-state index is 0.381. The number of rotatable bonds is 5. The molecule has 0 saturated carbocycles. The van der Waals surface area contributed by atoms with Gasteiger partial charge in [0.25, 0.3) is 0 Å². The number of thiocarbonyl (C=S) groups is 1. The van der Waals surface area contributed by atoms with E-state index in [4.69, 9.17) is 29.6 Å². The Balaban J connectivity index is 1.98. The molecule has 1 saturated heterocycles. The molecule has 0 spiro atoms. The number of likely N-dealkylation sites (tertiary alicyclic amines) is 1. The lowest BCUT2D eigenvalue weighted by atomic mass is 10.1. The first-order chi connectivity index (χ1) is 9.10. The summed E-state index contributed by atoms with van der Waals surface area (Å²) in [5.74, 6) is 0.690. The minimum Gasteiger partial charge on any atom is -0.389 e. The Bertz CT molecular complexity index is 464. The highest BCUT2D eigenvalue weighted by Gasteiger charge is 2.21. The van der Waals surface area contributed by atoms with Crippen LogP contribution < -0.4 is 11.1 Å². The van der Waals surface area contributed by atoms with E-state index in [9.17, 15) is 0 Å². The highest BCUT2D eigenvalue weighted by atomic mass is 35.5. The molecule has 0 amide bonds. The molecule has 1 aliphatic heterocycles. The fourth-order valence-corrected chi connectivity index (χ4v) is 2.84. The van der Waals surface area contributed by atoms with Gasteiger partial charge >= 0.3 is 0 Å². The van der Waals surface area contributed by atoms with Crippen molar-refractivity contribution in [2.24, 2.45) is 11.7 Å². The summed E-state index contributed by atoms with van der Waals surface area (Å²) in [4.78, 5) is 2.86. The minimum atomic E-state index is 0.381. The van der Waals surface area contributed by atoms with Crippen LogP contribution in [0.3, 0.4) is 0 Å². The number of anilines is 1. The number of hydrogen-bond donors (Lipinski definition) is 2. The van der Waals surface area contributed by atoms with Crippen LogP contribution in [0.5, 0.6) is 0 Å². The van der Waals surface area contributed by atoms with Gasteiger partial charge in [0.05, 0.1) is 0 Å². The van der Waals surface area contributed by atoms with Gasteiger partial charge in [0, 0.05) is 29.4 Å². The summed E-state index contributed by atoms with van der Waals surface area (Å²) in [6, 6.07) is 5.63. The van der Waals surface area contributed by atoms with E-state index in [2.05, 4.69) is 17.1 Å². The molecule has 19 heavy (non-hydrogen) atoms. The zero-order valence-corrected chi connectivity index (χ0v) is 12.7. The van der Waals surface area contributed by atoms with E-state index in [1.165, 1.54) is 19.5 Å². The summed E-state index contributed by atoms with van der Waals surface area (Å²) in [5, 5.41) is 4.11. The maximum Gasteiger partial charge on any atom is 0.106 e. The van der Waals surface area contributed by atoms with Gasteiger partial charge in [-0.2, -0.15) is 0 Å². The highest BCUT2D eigenvalue weighted by molar-refractivity contribution is 7.80. The molecule has 104 valence electrons. The number of hydrogen-bond acceptors (Lipinski definition) is 3. The monoisotopic (exact) mass is 297 g/mol. The zero-order chi connectivity index (χ0) is 13.8. The second-order valence-electron chi connectivity index (χ2n) is 4.98. The first kappa shape index (κ1) is 14.6. The molecule has 1 heterocycles. The van der Waals surface area contributed by atoms with Gasteiger partial charge in [-0.25, -0.2) is 0 Å². The third-order valence-electron chi connectivity index (χ3n) is 3.65. The molecule has 1 aromatic rings. The maximum absolute atomic E-state index is 5.98. The predicted molar refractivity (Wildman–Crippen MR) is 86.1 cm³/mol. The van der Waals surface area contributed by atoms with Crippen LogP contribution in [0.15, 0.2) is 18.2 Å². The van der Waals surface area contributed by atoms with Crippen molar-refractivity contribution >= 4 is 34.5 Å². The van der Waals surface area contributed by atoms with E-state index in [-0.39, 0.29) is 0 Å². The first-order valence-electron chi connectivity index (χ1n) is 6.65. The van der Waals surface area contributed by atoms with Crippen LogP contribution in [0.25, 0.3) is 0 Å². The largest absolute Gasteiger partial charge is 0.389 e. The van der Waals surface area contributed by atoms with E-state index in [1.54, 1.807) is 0 Å². The second-order valence-corrected chi connectivity index (χ2v) is 5.86. The lowest BCUT2D eigenvalue weighted by Gasteiger charge is -2.16. The van der Waals surface area contributed by atoms with Crippen LogP contribution in [0.2, 0.25) is 5.02 Å². The normalized spacial score (nSPS) is 19.6. The fourth-order valence-electron chi connectivity index (χ4n) is 2.50. The Labute approximate surface area is 125 Å².